The number of ether oxygens (including phenoxy) is 2. The third-order valence-electron chi connectivity index (χ3n) is 5.77. The number of ketones is 1. The zero-order chi connectivity index (χ0) is 25.7. The van der Waals surface area contributed by atoms with Gasteiger partial charge in [0.05, 0.1) is 37.1 Å². The molecule has 1 N–H and O–H groups in total. The SMILES string of the molecule is CCOc1cccc(/C(O)=C2/C(=O)C(=O)N(Cc3ccccn3)C2c2cccc(OCC(C)C)c2)c1. The zero-order valence-electron chi connectivity index (χ0n) is 20.7. The number of benzene rings is 2. The number of rotatable bonds is 9. The maximum absolute atomic E-state index is 13.3. The van der Waals surface area contributed by atoms with Crippen molar-refractivity contribution in [2.45, 2.75) is 33.4 Å². The summed E-state index contributed by atoms with van der Waals surface area (Å²) in [6, 6.07) is 18.7. The average molecular weight is 487 g/mol. The van der Waals surface area contributed by atoms with Crippen LogP contribution in [-0.2, 0) is 16.1 Å². The van der Waals surface area contributed by atoms with Crippen molar-refractivity contribution in [1.29, 1.82) is 0 Å². The molecule has 1 aliphatic rings. The van der Waals surface area contributed by atoms with Gasteiger partial charge in [-0.1, -0.05) is 44.2 Å². The minimum Gasteiger partial charge on any atom is -0.507 e. The summed E-state index contributed by atoms with van der Waals surface area (Å²) >= 11 is 0. The maximum Gasteiger partial charge on any atom is 0.296 e. The van der Waals surface area contributed by atoms with Crippen LogP contribution in [0.3, 0.4) is 0 Å². The molecule has 2 heterocycles. The minimum absolute atomic E-state index is 0.0191. The van der Waals surface area contributed by atoms with Crippen LogP contribution < -0.4 is 9.47 Å². The lowest BCUT2D eigenvalue weighted by molar-refractivity contribution is -0.140. The molecule has 1 atom stereocenters. The van der Waals surface area contributed by atoms with E-state index in [1.54, 1.807) is 42.6 Å². The predicted octanol–water partition coefficient (Wildman–Crippen LogP) is 5.14. The summed E-state index contributed by atoms with van der Waals surface area (Å²) in [5.74, 6) is -0.170. The Morgan fingerprint density at radius 2 is 1.75 bits per heavy atom. The summed E-state index contributed by atoms with van der Waals surface area (Å²) < 4.78 is 11.5. The number of nitrogens with zero attached hydrogens (tertiary/aromatic N) is 2. The number of aliphatic hydroxyl groups excluding tert-OH is 1. The molecule has 1 saturated heterocycles. The van der Waals surface area contributed by atoms with Gasteiger partial charge in [0.25, 0.3) is 11.7 Å². The molecule has 2 aromatic carbocycles. The smallest absolute Gasteiger partial charge is 0.296 e. The van der Waals surface area contributed by atoms with E-state index in [4.69, 9.17) is 9.47 Å². The molecule has 4 rings (SSSR count). The molecule has 1 aromatic heterocycles. The Bertz CT molecular complexity index is 1270. The number of likely N-dealkylation sites (tertiary alicyclic amines) is 1. The third kappa shape index (κ3) is 5.40. The molecule has 1 amide bonds. The number of Topliss-reactive ketones (excluding diaryl/α,β-unsaturated/α-hetero) is 1. The molecule has 7 heteroatoms. The monoisotopic (exact) mass is 486 g/mol. The van der Waals surface area contributed by atoms with E-state index in [-0.39, 0.29) is 17.9 Å². The van der Waals surface area contributed by atoms with Gasteiger partial charge in [0, 0.05) is 11.8 Å². The molecule has 0 saturated carbocycles. The van der Waals surface area contributed by atoms with Crippen LogP contribution in [0.2, 0.25) is 0 Å². The highest BCUT2D eigenvalue weighted by Gasteiger charge is 2.46. The number of hydrogen-bond acceptors (Lipinski definition) is 6. The van der Waals surface area contributed by atoms with Crippen LogP contribution in [0.25, 0.3) is 5.76 Å². The number of carbonyl (C=O) groups is 2. The fourth-order valence-corrected chi connectivity index (χ4v) is 4.15. The molecule has 0 bridgehead atoms. The van der Waals surface area contributed by atoms with Gasteiger partial charge in [0.15, 0.2) is 0 Å². The average Bonchev–Trinajstić information content (AvgIpc) is 3.13. The summed E-state index contributed by atoms with van der Waals surface area (Å²) in [5.41, 5.74) is 1.71. The molecule has 1 aliphatic heterocycles. The Morgan fingerprint density at radius 1 is 1.00 bits per heavy atom. The van der Waals surface area contributed by atoms with Gasteiger partial charge >= 0.3 is 0 Å². The molecule has 3 aromatic rings. The standard InChI is InChI=1S/C29H30N2O5/c1-4-35-23-12-8-10-21(16-23)27(32)25-26(20-9-7-13-24(15-20)36-18-19(2)3)31(29(34)28(25)33)17-22-11-5-6-14-30-22/h5-16,19,26,32H,4,17-18H2,1-3H3/b27-25-. The number of amides is 1. The highest BCUT2D eigenvalue weighted by molar-refractivity contribution is 6.46. The van der Waals surface area contributed by atoms with Crippen molar-refractivity contribution in [3.05, 3.63) is 95.3 Å². The van der Waals surface area contributed by atoms with Crippen molar-refractivity contribution in [3.8, 4) is 11.5 Å². The minimum atomic E-state index is -0.814. The normalized spacial score (nSPS) is 17.0. The number of aromatic nitrogens is 1. The van der Waals surface area contributed by atoms with Crippen LogP contribution in [0.15, 0.2) is 78.5 Å². The molecule has 0 spiro atoms. The Kier molecular flexibility index (Phi) is 7.68. The van der Waals surface area contributed by atoms with E-state index in [9.17, 15) is 14.7 Å². The molecule has 1 unspecified atom stereocenters. The quantitative estimate of drug-likeness (QED) is 0.256. The summed E-state index contributed by atoms with van der Waals surface area (Å²) in [7, 11) is 0. The predicted molar refractivity (Wildman–Crippen MR) is 136 cm³/mol. The number of aliphatic hydroxyl groups is 1. The fourth-order valence-electron chi connectivity index (χ4n) is 4.15. The molecule has 186 valence electrons. The van der Waals surface area contributed by atoms with Crippen LogP contribution in [0.4, 0.5) is 0 Å². The van der Waals surface area contributed by atoms with E-state index >= 15 is 0 Å². The zero-order valence-corrected chi connectivity index (χ0v) is 20.7. The van der Waals surface area contributed by atoms with E-state index in [1.165, 1.54) is 4.90 Å². The van der Waals surface area contributed by atoms with Gasteiger partial charge in [-0.05, 0) is 54.8 Å². The summed E-state index contributed by atoms with van der Waals surface area (Å²) in [4.78, 5) is 32.4. The van der Waals surface area contributed by atoms with Crippen LogP contribution in [0.1, 0.15) is 43.6 Å². The Labute approximate surface area is 211 Å². The van der Waals surface area contributed by atoms with E-state index in [1.807, 2.05) is 37.3 Å². The van der Waals surface area contributed by atoms with Crippen molar-refractivity contribution in [3.63, 3.8) is 0 Å². The Morgan fingerprint density at radius 3 is 2.44 bits per heavy atom. The summed E-state index contributed by atoms with van der Waals surface area (Å²) in [5, 5.41) is 11.3. The first-order valence-electron chi connectivity index (χ1n) is 12.0. The van der Waals surface area contributed by atoms with Gasteiger partial charge in [-0.15, -0.1) is 0 Å². The van der Waals surface area contributed by atoms with Crippen molar-refractivity contribution in [2.24, 2.45) is 5.92 Å². The molecule has 1 fully saturated rings. The highest BCUT2D eigenvalue weighted by Crippen LogP contribution is 2.41. The molecule has 7 nitrogen and oxygen atoms in total. The van der Waals surface area contributed by atoms with Gasteiger partial charge in [-0.25, -0.2) is 0 Å². The Balaban J connectivity index is 1.82. The Hall–Kier alpha value is -4.13. The van der Waals surface area contributed by atoms with Crippen LogP contribution >= 0.6 is 0 Å². The van der Waals surface area contributed by atoms with Crippen molar-refractivity contribution >= 4 is 17.4 Å². The van der Waals surface area contributed by atoms with Gasteiger partial charge in [-0.2, -0.15) is 0 Å². The van der Waals surface area contributed by atoms with Gasteiger partial charge in [0.1, 0.15) is 17.3 Å². The first kappa shape index (κ1) is 25.0. The first-order chi connectivity index (χ1) is 17.4. The number of pyridine rings is 1. The summed E-state index contributed by atoms with van der Waals surface area (Å²) in [6.07, 6.45) is 1.64. The molecular weight excluding hydrogens is 456 g/mol. The van der Waals surface area contributed by atoms with Crippen LogP contribution in [-0.4, -0.2) is 39.9 Å². The lowest BCUT2D eigenvalue weighted by Gasteiger charge is -2.25. The first-order valence-corrected chi connectivity index (χ1v) is 12.0. The van der Waals surface area contributed by atoms with E-state index in [2.05, 4.69) is 18.8 Å². The number of carbonyl (C=O) groups excluding carboxylic acids is 2. The van der Waals surface area contributed by atoms with Crippen molar-refractivity contribution in [2.75, 3.05) is 13.2 Å². The molecule has 0 aliphatic carbocycles. The molecule has 0 radical (unpaired) electrons. The van der Waals surface area contributed by atoms with Gasteiger partial charge in [0.2, 0.25) is 0 Å². The topological polar surface area (TPSA) is 89.0 Å². The lowest BCUT2D eigenvalue weighted by atomic mass is 9.95. The van der Waals surface area contributed by atoms with E-state index < -0.39 is 17.7 Å². The number of hydrogen-bond donors (Lipinski definition) is 1. The molecular formula is C29H30N2O5. The van der Waals surface area contributed by atoms with E-state index in [0.29, 0.717) is 47.5 Å². The second-order valence-corrected chi connectivity index (χ2v) is 8.99. The lowest BCUT2D eigenvalue weighted by Crippen LogP contribution is -2.29. The van der Waals surface area contributed by atoms with Crippen molar-refractivity contribution in [1.82, 2.24) is 9.88 Å². The second-order valence-electron chi connectivity index (χ2n) is 8.99. The van der Waals surface area contributed by atoms with Gasteiger partial charge < -0.3 is 19.5 Å². The molecule has 36 heavy (non-hydrogen) atoms. The summed E-state index contributed by atoms with van der Waals surface area (Å²) in [6.45, 7) is 7.08. The van der Waals surface area contributed by atoms with Gasteiger partial charge in [-0.3, -0.25) is 14.6 Å². The highest BCUT2D eigenvalue weighted by atomic mass is 16.5. The van der Waals surface area contributed by atoms with Crippen molar-refractivity contribution < 1.29 is 24.2 Å². The second kappa shape index (κ2) is 11.1. The largest absolute Gasteiger partial charge is 0.507 e. The third-order valence-corrected chi connectivity index (χ3v) is 5.77. The maximum atomic E-state index is 13.3. The van der Waals surface area contributed by atoms with Crippen LogP contribution in [0.5, 0.6) is 11.5 Å². The van der Waals surface area contributed by atoms with Crippen LogP contribution in [0, 0.1) is 5.92 Å². The van der Waals surface area contributed by atoms with E-state index in [0.717, 1.165) is 0 Å². The fraction of sp³-hybridized carbons (Fsp3) is 0.276.